The largest absolute Gasteiger partial charge is 0.389 e. The van der Waals surface area contributed by atoms with Crippen LogP contribution in [0.15, 0.2) is 65.2 Å². The van der Waals surface area contributed by atoms with Gasteiger partial charge in [-0.1, -0.05) is 65.8 Å². The van der Waals surface area contributed by atoms with Gasteiger partial charge in [0.05, 0.1) is 24.9 Å². The maximum atomic E-state index is 10.8. The Bertz CT molecular complexity index is 1010. The van der Waals surface area contributed by atoms with E-state index < -0.39 is 6.10 Å². The molecule has 0 bridgehead atoms. The van der Waals surface area contributed by atoms with E-state index in [0.717, 1.165) is 47.9 Å². The molecule has 0 unspecified atom stereocenters. The van der Waals surface area contributed by atoms with Crippen molar-refractivity contribution in [1.82, 2.24) is 10.1 Å². The lowest BCUT2D eigenvalue weighted by atomic mass is 10.1. The van der Waals surface area contributed by atoms with Gasteiger partial charge in [-0.2, -0.15) is 0 Å². The first-order chi connectivity index (χ1) is 16.8. The predicted molar refractivity (Wildman–Crippen MR) is 134 cm³/mol. The maximum absolute atomic E-state index is 10.8. The second kappa shape index (κ2) is 11.2. The van der Waals surface area contributed by atoms with E-state index in [1.54, 1.807) is 0 Å². The van der Waals surface area contributed by atoms with E-state index in [2.05, 4.69) is 27.1 Å². The number of aromatic nitrogens is 1. The van der Waals surface area contributed by atoms with Crippen molar-refractivity contribution in [2.75, 3.05) is 31.1 Å². The van der Waals surface area contributed by atoms with Gasteiger partial charge in [-0.15, -0.1) is 0 Å². The molecule has 5 rings (SSSR count). The van der Waals surface area contributed by atoms with E-state index in [0.29, 0.717) is 25.8 Å². The molecule has 1 aromatic heterocycles. The number of ether oxygens (including phenoxy) is 1. The molecule has 2 aliphatic rings. The molecule has 1 saturated carbocycles. The van der Waals surface area contributed by atoms with Gasteiger partial charge in [0.15, 0.2) is 0 Å². The number of aliphatic hydroxyl groups is 1. The molecule has 180 valence electrons. The number of hydrogen-bond acceptors (Lipinski definition) is 6. The van der Waals surface area contributed by atoms with Crippen LogP contribution in [0.5, 0.6) is 0 Å². The van der Waals surface area contributed by atoms with Crippen molar-refractivity contribution in [3.63, 3.8) is 0 Å². The molecular weight excluding hydrogens is 426 g/mol. The minimum Gasteiger partial charge on any atom is -0.389 e. The van der Waals surface area contributed by atoms with E-state index in [4.69, 9.17) is 9.26 Å². The summed E-state index contributed by atoms with van der Waals surface area (Å²) in [6, 6.07) is 20.9. The predicted octanol–water partition coefficient (Wildman–Crippen LogP) is 4.87. The molecule has 3 aromatic rings. The van der Waals surface area contributed by atoms with Gasteiger partial charge >= 0.3 is 0 Å². The van der Waals surface area contributed by atoms with Gasteiger partial charge < -0.3 is 19.3 Å². The van der Waals surface area contributed by atoms with Crippen LogP contribution in [0.25, 0.3) is 11.3 Å². The summed E-state index contributed by atoms with van der Waals surface area (Å²) in [5, 5.41) is 15.3. The van der Waals surface area contributed by atoms with Gasteiger partial charge in [0.25, 0.3) is 0 Å². The van der Waals surface area contributed by atoms with Crippen LogP contribution < -0.4 is 4.90 Å². The summed E-state index contributed by atoms with van der Waals surface area (Å²) in [6.07, 6.45) is 5.44. The van der Waals surface area contributed by atoms with Crippen LogP contribution in [0.3, 0.4) is 0 Å². The van der Waals surface area contributed by atoms with Gasteiger partial charge in [0.1, 0.15) is 5.69 Å². The fourth-order valence-corrected chi connectivity index (χ4v) is 4.81. The Hall–Kier alpha value is -2.67. The van der Waals surface area contributed by atoms with Crippen molar-refractivity contribution in [2.45, 2.75) is 57.4 Å². The zero-order valence-corrected chi connectivity index (χ0v) is 19.8. The fourth-order valence-electron chi connectivity index (χ4n) is 4.81. The van der Waals surface area contributed by atoms with Crippen molar-refractivity contribution in [3.8, 4) is 11.3 Å². The van der Waals surface area contributed by atoms with E-state index >= 15 is 0 Å². The van der Waals surface area contributed by atoms with Gasteiger partial charge in [-0.3, -0.25) is 4.90 Å². The summed E-state index contributed by atoms with van der Waals surface area (Å²) in [6.45, 7) is 4.17. The third-order valence-electron chi connectivity index (χ3n) is 6.75. The normalized spacial score (nSPS) is 17.3. The lowest BCUT2D eigenvalue weighted by Gasteiger charge is -2.29. The Morgan fingerprint density at radius 2 is 1.71 bits per heavy atom. The molecule has 6 nitrogen and oxygen atoms in total. The quantitative estimate of drug-likeness (QED) is 0.439. The third-order valence-corrected chi connectivity index (χ3v) is 6.75. The number of nitrogens with zero attached hydrogens (tertiary/aromatic N) is 3. The molecule has 0 amide bonds. The van der Waals surface area contributed by atoms with Gasteiger partial charge in [-0.25, -0.2) is 0 Å². The van der Waals surface area contributed by atoms with Crippen molar-refractivity contribution < 1.29 is 14.4 Å². The first-order valence-corrected chi connectivity index (χ1v) is 12.6. The molecule has 1 aliphatic heterocycles. The number of hydrogen-bond donors (Lipinski definition) is 1. The van der Waals surface area contributed by atoms with Crippen molar-refractivity contribution in [1.29, 1.82) is 0 Å². The molecule has 1 atom stereocenters. The van der Waals surface area contributed by atoms with Crippen LogP contribution >= 0.6 is 0 Å². The van der Waals surface area contributed by atoms with Crippen molar-refractivity contribution >= 4 is 5.88 Å². The number of anilines is 1. The number of aliphatic hydroxyl groups excluding tert-OH is 1. The summed E-state index contributed by atoms with van der Waals surface area (Å²) in [5.74, 6) is 0.902. The van der Waals surface area contributed by atoms with Gasteiger partial charge in [0.2, 0.25) is 5.88 Å². The van der Waals surface area contributed by atoms with Crippen molar-refractivity contribution in [2.24, 2.45) is 0 Å². The van der Waals surface area contributed by atoms with Crippen molar-refractivity contribution in [3.05, 3.63) is 71.8 Å². The summed E-state index contributed by atoms with van der Waals surface area (Å²) < 4.78 is 11.8. The fraction of sp³-hybridized carbons (Fsp3) is 0.464. The minimum absolute atomic E-state index is 0.326. The first-order valence-electron chi connectivity index (χ1n) is 12.6. The number of benzene rings is 2. The molecule has 1 aliphatic carbocycles. The zero-order chi connectivity index (χ0) is 23.2. The third kappa shape index (κ3) is 5.87. The molecular formula is C28H35N3O3. The van der Waals surface area contributed by atoms with Crippen LogP contribution in [-0.2, 0) is 17.9 Å². The van der Waals surface area contributed by atoms with E-state index in [1.165, 1.54) is 32.1 Å². The number of piperidine rings is 1. The van der Waals surface area contributed by atoms with Crippen LogP contribution in [0.2, 0.25) is 0 Å². The Morgan fingerprint density at radius 1 is 1.00 bits per heavy atom. The SMILES string of the molecule is O[C@H](COCc1ccccc1)CN(Cc1c(-c2ccccc2)noc1N1CCCCC1)C1CC1. The molecule has 0 radical (unpaired) electrons. The Labute approximate surface area is 202 Å². The Morgan fingerprint density at radius 3 is 2.41 bits per heavy atom. The highest BCUT2D eigenvalue weighted by molar-refractivity contribution is 5.68. The average molecular weight is 462 g/mol. The molecule has 2 heterocycles. The second-order valence-electron chi connectivity index (χ2n) is 9.54. The highest BCUT2D eigenvalue weighted by Crippen LogP contribution is 2.36. The van der Waals surface area contributed by atoms with Crippen LogP contribution in [0, 0.1) is 0 Å². The average Bonchev–Trinajstić information content (AvgIpc) is 3.65. The zero-order valence-electron chi connectivity index (χ0n) is 19.8. The topological polar surface area (TPSA) is 62.0 Å². The molecule has 1 N–H and O–H groups in total. The standard InChI is InChI=1S/C28H35N3O3/c32-25(21-33-20-22-10-4-1-5-11-22)18-31(24-14-15-24)19-26-27(23-12-6-2-7-13-23)29-34-28(26)30-16-8-3-9-17-30/h1-2,4-7,10-13,24-25,32H,3,8-9,14-21H2/t25-/m0/s1. The molecule has 34 heavy (non-hydrogen) atoms. The first kappa shape index (κ1) is 23.1. The molecule has 0 spiro atoms. The Kier molecular flexibility index (Phi) is 7.59. The molecule has 6 heteroatoms. The van der Waals surface area contributed by atoms with E-state index in [1.807, 2.05) is 48.5 Å². The van der Waals surface area contributed by atoms with Gasteiger partial charge in [-0.05, 0) is 37.7 Å². The minimum atomic E-state index is -0.539. The van der Waals surface area contributed by atoms with E-state index in [-0.39, 0.29) is 0 Å². The van der Waals surface area contributed by atoms with Crippen LogP contribution in [-0.4, -0.2) is 53.6 Å². The Balaban J connectivity index is 1.29. The lowest BCUT2D eigenvalue weighted by molar-refractivity contribution is 0.00707. The van der Waals surface area contributed by atoms with Crippen LogP contribution in [0.1, 0.15) is 43.2 Å². The summed E-state index contributed by atoms with van der Waals surface area (Å²) in [5.41, 5.74) is 4.25. The maximum Gasteiger partial charge on any atom is 0.232 e. The summed E-state index contributed by atoms with van der Waals surface area (Å²) in [7, 11) is 0. The van der Waals surface area contributed by atoms with Gasteiger partial charge in [0, 0.05) is 37.8 Å². The second-order valence-corrected chi connectivity index (χ2v) is 9.54. The lowest BCUT2D eigenvalue weighted by Crippen LogP contribution is -2.37. The van der Waals surface area contributed by atoms with Crippen LogP contribution in [0.4, 0.5) is 5.88 Å². The molecule has 2 fully saturated rings. The smallest absolute Gasteiger partial charge is 0.232 e. The highest BCUT2D eigenvalue weighted by atomic mass is 16.5. The summed E-state index contributed by atoms with van der Waals surface area (Å²) in [4.78, 5) is 4.74. The molecule has 1 saturated heterocycles. The monoisotopic (exact) mass is 461 g/mol. The summed E-state index contributed by atoms with van der Waals surface area (Å²) >= 11 is 0. The highest BCUT2D eigenvalue weighted by Gasteiger charge is 2.33. The van der Waals surface area contributed by atoms with E-state index in [9.17, 15) is 5.11 Å². The number of rotatable bonds is 11. The molecule has 2 aromatic carbocycles.